The highest BCUT2D eigenvalue weighted by molar-refractivity contribution is 6.23. The standard InChI is InChI=1S/C15H10F3NO3/c16-15(17,18)7-3-1-2-4-8(7)19-13(20)11-9-5-6-10(22-9)12(11)14(19)21/h1-6,9-12H/t9-,10-,11+,12+/m1/s1. The summed E-state index contributed by atoms with van der Waals surface area (Å²) in [5, 5.41) is 0. The summed E-state index contributed by atoms with van der Waals surface area (Å²) in [7, 11) is 0. The van der Waals surface area contributed by atoms with E-state index in [0.29, 0.717) is 4.90 Å². The van der Waals surface area contributed by atoms with Gasteiger partial charge >= 0.3 is 6.18 Å². The Morgan fingerprint density at radius 3 is 2.05 bits per heavy atom. The lowest BCUT2D eigenvalue weighted by atomic mass is 9.85. The Hall–Kier alpha value is -2.15. The molecule has 0 N–H and O–H groups in total. The molecule has 7 heteroatoms. The van der Waals surface area contributed by atoms with Gasteiger partial charge in [-0.1, -0.05) is 24.3 Å². The predicted octanol–water partition coefficient (Wildman–Crippen LogP) is 2.15. The van der Waals surface area contributed by atoms with Crippen molar-refractivity contribution in [2.75, 3.05) is 4.90 Å². The minimum atomic E-state index is -4.64. The van der Waals surface area contributed by atoms with Gasteiger partial charge in [0.2, 0.25) is 11.8 Å². The summed E-state index contributed by atoms with van der Waals surface area (Å²) in [6.45, 7) is 0. The van der Waals surface area contributed by atoms with Gasteiger partial charge in [-0.05, 0) is 12.1 Å². The fourth-order valence-electron chi connectivity index (χ4n) is 3.45. The molecule has 3 aliphatic heterocycles. The van der Waals surface area contributed by atoms with Crippen molar-refractivity contribution in [3.8, 4) is 0 Å². The molecule has 1 aromatic carbocycles. The molecule has 2 bridgehead atoms. The molecule has 0 aromatic heterocycles. The Balaban J connectivity index is 1.80. The second kappa shape index (κ2) is 4.19. The SMILES string of the molecule is O=C1[C@@H]2[C@@H](C(=O)N1c1ccccc1C(F)(F)F)[C@H]1C=C[C@H]2O1. The summed E-state index contributed by atoms with van der Waals surface area (Å²) in [4.78, 5) is 25.7. The molecule has 0 aliphatic carbocycles. The van der Waals surface area contributed by atoms with Gasteiger partial charge in [0.25, 0.3) is 0 Å². The van der Waals surface area contributed by atoms with E-state index in [9.17, 15) is 22.8 Å². The number of halogens is 3. The summed E-state index contributed by atoms with van der Waals surface area (Å²) in [6.07, 6.45) is -2.29. The minimum Gasteiger partial charge on any atom is -0.365 e. The van der Waals surface area contributed by atoms with Crippen LogP contribution in [0, 0.1) is 11.8 Å². The smallest absolute Gasteiger partial charge is 0.365 e. The van der Waals surface area contributed by atoms with Crippen molar-refractivity contribution in [1.29, 1.82) is 0 Å². The molecule has 2 saturated heterocycles. The molecular weight excluding hydrogens is 299 g/mol. The zero-order valence-corrected chi connectivity index (χ0v) is 11.1. The number of para-hydroxylation sites is 1. The van der Waals surface area contributed by atoms with Crippen LogP contribution in [0.1, 0.15) is 5.56 Å². The van der Waals surface area contributed by atoms with Crippen LogP contribution in [0.2, 0.25) is 0 Å². The van der Waals surface area contributed by atoms with Crippen LogP contribution in [0.3, 0.4) is 0 Å². The fraction of sp³-hybridized carbons (Fsp3) is 0.333. The number of amides is 2. The first-order valence-electron chi connectivity index (χ1n) is 6.77. The topological polar surface area (TPSA) is 46.6 Å². The van der Waals surface area contributed by atoms with E-state index in [0.717, 1.165) is 12.1 Å². The van der Waals surface area contributed by atoms with Gasteiger partial charge in [0.05, 0.1) is 35.3 Å². The molecule has 0 saturated carbocycles. The molecule has 4 atom stereocenters. The number of anilines is 1. The Morgan fingerprint density at radius 2 is 1.50 bits per heavy atom. The zero-order chi connectivity index (χ0) is 15.6. The molecule has 0 unspecified atom stereocenters. The van der Waals surface area contributed by atoms with Gasteiger partial charge in [0.15, 0.2) is 0 Å². The molecule has 4 rings (SSSR count). The highest BCUT2D eigenvalue weighted by atomic mass is 19.4. The van der Waals surface area contributed by atoms with Crippen LogP contribution in [0.4, 0.5) is 18.9 Å². The monoisotopic (exact) mass is 309 g/mol. The molecule has 2 fully saturated rings. The Kier molecular flexibility index (Phi) is 2.57. The van der Waals surface area contributed by atoms with E-state index in [1.165, 1.54) is 12.1 Å². The van der Waals surface area contributed by atoms with Crippen molar-refractivity contribution < 1.29 is 27.5 Å². The van der Waals surface area contributed by atoms with Crippen molar-refractivity contribution in [3.05, 3.63) is 42.0 Å². The van der Waals surface area contributed by atoms with Crippen LogP contribution in [-0.2, 0) is 20.5 Å². The van der Waals surface area contributed by atoms with Crippen LogP contribution in [0.15, 0.2) is 36.4 Å². The van der Waals surface area contributed by atoms with Gasteiger partial charge in [0, 0.05) is 0 Å². The highest BCUT2D eigenvalue weighted by Crippen LogP contribution is 2.48. The molecule has 3 aliphatic rings. The second-order valence-electron chi connectivity index (χ2n) is 5.53. The number of carbonyl (C=O) groups is 2. The first-order valence-corrected chi connectivity index (χ1v) is 6.77. The van der Waals surface area contributed by atoms with E-state index in [1.807, 2.05) is 0 Å². The molecule has 1 aromatic rings. The lowest BCUT2D eigenvalue weighted by molar-refractivity contribution is -0.137. The average Bonchev–Trinajstić information content (AvgIpc) is 3.12. The lowest BCUT2D eigenvalue weighted by Crippen LogP contribution is -2.35. The first kappa shape index (κ1) is 13.5. The Morgan fingerprint density at radius 1 is 0.955 bits per heavy atom. The highest BCUT2D eigenvalue weighted by Gasteiger charge is 2.61. The summed E-state index contributed by atoms with van der Waals surface area (Å²) in [5.41, 5.74) is -1.39. The number of fused-ring (bicyclic) bond motifs is 5. The van der Waals surface area contributed by atoms with Crippen LogP contribution >= 0.6 is 0 Å². The van der Waals surface area contributed by atoms with Crippen LogP contribution in [-0.4, -0.2) is 24.0 Å². The number of carbonyl (C=O) groups excluding carboxylic acids is 2. The van der Waals surface area contributed by atoms with Crippen LogP contribution < -0.4 is 4.90 Å². The van der Waals surface area contributed by atoms with E-state index in [2.05, 4.69) is 0 Å². The number of alkyl halides is 3. The van der Waals surface area contributed by atoms with Gasteiger partial charge in [-0.3, -0.25) is 9.59 Å². The van der Waals surface area contributed by atoms with E-state index in [4.69, 9.17) is 4.74 Å². The summed E-state index contributed by atoms with van der Waals surface area (Å²) < 4.78 is 44.8. The van der Waals surface area contributed by atoms with Crippen LogP contribution in [0.25, 0.3) is 0 Å². The molecule has 2 amide bonds. The molecule has 4 nitrogen and oxygen atoms in total. The largest absolute Gasteiger partial charge is 0.418 e. The summed E-state index contributed by atoms with van der Waals surface area (Å²) >= 11 is 0. The maximum absolute atomic E-state index is 13.1. The Labute approximate surface area is 123 Å². The van der Waals surface area contributed by atoms with E-state index in [1.54, 1.807) is 12.2 Å². The quantitative estimate of drug-likeness (QED) is 0.590. The van der Waals surface area contributed by atoms with E-state index < -0.39 is 53.3 Å². The van der Waals surface area contributed by atoms with Gasteiger partial charge in [0.1, 0.15) is 0 Å². The number of imide groups is 1. The second-order valence-corrected chi connectivity index (χ2v) is 5.53. The lowest BCUT2D eigenvalue weighted by Gasteiger charge is -2.21. The molecule has 0 spiro atoms. The maximum atomic E-state index is 13.1. The third-order valence-electron chi connectivity index (χ3n) is 4.36. The number of hydrogen-bond acceptors (Lipinski definition) is 3. The van der Waals surface area contributed by atoms with Crippen molar-refractivity contribution in [1.82, 2.24) is 0 Å². The number of hydrogen-bond donors (Lipinski definition) is 0. The van der Waals surface area contributed by atoms with Crippen molar-refractivity contribution in [2.24, 2.45) is 11.8 Å². The third kappa shape index (κ3) is 1.62. The Bertz CT molecular complexity index is 682. The van der Waals surface area contributed by atoms with Crippen molar-refractivity contribution in [3.63, 3.8) is 0 Å². The van der Waals surface area contributed by atoms with E-state index in [-0.39, 0.29) is 0 Å². The summed E-state index contributed by atoms with van der Waals surface area (Å²) in [6, 6.07) is 4.62. The van der Waals surface area contributed by atoms with Gasteiger partial charge in [-0.25, -0.2) is 4.90 Å². The maximum Gasteiger partial charge on any atom is 0.418 e. The first-order chi connectivity index (χ1) is 10.4. The van der Waals surface area contributed by atoms with Crippen LogP contribution in [0.5, 0.6) is 0 Å². The third-order valence-corrected chi connectivity index (χ3v) is 4.36. The molecule has 0 radical (unpaired) electrons. The molecule has 114 valence electrons. The van der Waals surface area contributed by atoms with Crippen molar-refractivity contribution >= 4 is 17.5 Å². The number of rotatable bonds is 1. The summed E-state index contributed by atoms with van der Waals surface area (Å²) in [5.74, 6) is -2.68. The predicted molar refractivity (Wildman–Crippen MR) is 68.7 cm³/mol. The molecule has 3 heterocycles. The molecule has 22 heavy (non-hydrogen) atoms. The van der Waals surface area contributed by atoms with E-state index >= 15 is 0 Å². The number of nitrogens with zero attached hydrogens (tertiary/aromatic N) is 1. The average molecular weight is 309 g/mol. The van der Waals surface area contributed by atoms with Gasteiger partial charge in [-0.15, -0.1) is 0 Å². The normalized spacial score (nSPS) is 33.0. The minimum absolute atomic E-state index is 0.404. The zero-order valence-electron chi connectivity index (χ0n) is 11.1. The molecular formula is C15H10F3NO3. The van der Waals surface area contributed by atoms with Gasteiger partial charge in [-0.2, -0.15) is 13.2 Å². The van der Waals surface area contributed by atoms with Crippen molar-refractivity contribution in [2.45, 2.75) is 18.4 Å². The fourth-order valence-corrected chi connectivity index (χ4v) is 3.45. The number of ether oxygens (including phenoxy) is 1. The van der Waals surface area contributed by atoms with Gasteiger partial charge < -0.3 is 4.74 Å². The number of benzene rings is 1.